The molecule has 28 heavy (non-hydrogen) atoms. The molecule has 148 valence electrons. The van der Waals surface area contributed by atoms with E-state index < -0.39 is 10.0 Å². The molecule has 0 bridgehead atoms. The van der Waals surface area contributed by atoms with Crippen LogP contribution in [0.25, 0.3) is 11.4 Å². The van der Waals surface area contributed by atoms with Crippen molar-refractivity contribution < 1.29 is 8.42 Å². The van der Waals surface area contributed by atoms with Crippen molar-refractivity contribution in [1.82, 2.24) is 29.4 Å². The number of H-pyrrole nitrogens is 1. The first-order valence-electron chi connectivity index (χ1n) is 9.18. The van der Waals surface area contributed by atoms with Gasteiger partial charge in [0.25, 0.3) is 0 Å². The number of likely N-dealkylation sites (tertiary alicyclic amines) is 1. The Labute approximate surface area is 164 Å². The minimum Gasteiger partial charge on any atom is -0.353 e. The number of hydrogen-bond donors (Lipinski definition) is 2. The molecule has 0 unspecified atom stereocenters. The van der Waals surface area contributed by atoms with Crippen LogP contribution in [-0.4, -0.2) is 51.9 Å². The fourth-order valence-corrected chi connectivity index (χ4v) is 4.54. The zero-order valence-electron chi connectivity index (χ0n) is 15.9. The Bertz CT molecular complexity index is 1040. The minimum absolute atomic E-state index is 0.0425. The van der Waals surface area contributed by atoms with Gasteiger partial charge in [0.15, 0.2) is 5.82 Å². The molecule has 1 fully saturated rings. The predicted octanol–water partition coefficient (Wildman–Crippen LogP) is 1.67. The number of benzene rings is 1. The Morgan fingerprint density at radius 1 is 1.21 bits per heavy atom. The molecule has 0 spiro atoms. The summed E-state index contributed by atoms with van der Waals surface area (Å²) in [5.41, 5.74) is 2.11. The number of hydrogen-bond acceptors (Lipinski definition) is 5. The summed E-state index contributed by atoms with van der Waals surface area (Å²) in [6.07, 6.45) is 3.85. The molecule has 2 N–H and O–H groups in total. The standard InChI is InChI=1S/C19H24N6O2S/c1-24-10-6-9-16(24)13-25-12-15(23-28(2,26)27)11-17(25)19-20-18(21-22-19)14-7-4-3-5-8-14/h3-10,15,17,23H,11-13H2,1-2H3,(H,20,21,22)/t15-,17-/m0/s1. The summed E-state index contributed by atoms with van der Waals surface area (Å²) in [6.45, 7) is 1.32. The molecule has 1 saturated heterocycles. The van der Waals surface area contributed by atoms with E-state index in [0.29, 0.717) is 25.3 Å². The Morgan fingerprint density at radius 2 is 2.00 bits per heavy atom. The van der Waals surface area contributed by atoms with E-state index in [2.05, 4.69) is 30.5 Å². The van der Waals surface area contributed by atoms with Crippen LogP contribution in [0.5, 0.6) is 0 Å². The second-order valence-corrected chi connectivity index (χ2v) is 9.07. The predicted molar refractivity (Wildman–Crippen MR) is 107 cm³/mol. The molecule has 1 aliphatic heterocycles. The maximum Gasteiger partial charge on any atom is 0.208 e. The van der Waals surface area contributed by atoms with Crippen LogP contribution in [-0.2, 0) is 23.6 Å². The molecular formula is C19H24N6O2S. The van der Waals surface area contributed by atoms with Crippen molar-refractivity contribution >= 4 is 10.0 Å². The molecule has 2 atom stereocenters. The van der Waals surface area contributed by atoms with E-state index in [9.17, 15) is 8.42 Å². The summed E-state index contributed by atoms with van der Waals surface area (Å²) in [5, 5.41) is 7.44. The molecule has 4 rings (SSSR count). The van der Waals surface area contributed by atoms with Crippen LogP contribution in [0.3, 0.4) is 0 Å². The van der Waals surface area contributed by atoms with E-state index in [0.717, 1.165) is 17.1 Å². The summed E-state index contributed by atoms with van der Waals surface area (Å²) < 4.78 is 28.3. The van der Waals surface area contributed by atoms with Crippen LogP contribution in [0.2, 0.25) is 0 Å². The van der Waals surface area contributed by atoms with Gasteiger partial charge in [0.05, 0.1) is 12.3 Å². The van der Waals surface area contributed by atoms with Crippen LogP contribution in [0.4, 0.5) is 0 Å². The highest BCUT2D eigenvalue weighted by atomic mass is 32.2. The zero-order chi connectivity index (χ0) is 19.7. The van der Waals surface area contributed by atoms with Gasteiger partial charge in [0.2, 0.25) is 10.0 Å². The number of nitrogens with zero attached hydrogens (tertiary/aromatic N) is 4. The van der Waals surface area contributed by atoms with Crippen molar-refractivity contribution in [3.8, 4) is 11.4 Å². The minimum atomic E-state index is -3.27. The average Bonchev–Trinajstić information content (AvgIpc) is 3.36. The third kappa shape index (κ3) is 4.16. The van der Waals surface area contributed by atoms with Crippen LogP contribution in [0.1, 0.15) is 24.0 Å². The SMILES string of the molecule is Cn1cccc1CN1C[C@@H](NS(C)(=O)=O)C[C@H]1c1nc(-c2ccccc2)n[nH]1. The quantitative estimate of drug-likeness (QED) is 0.656. The van der Waals surface area contributed by atoms with E-state index >= 15 is 0 Å². The topological polar surface area (TPSA) is 95.9 Å². The van der Waals surface area contributed by atoms with Gasteiger partial charge in [-0.15, -0.1) is 0 Å². The first-order chi connectivity index (χ1) is 13.4. The Kier molecular flexibility index (Phi) is 5.05. The first-order valence-corrected chi connectivity index (χ1v) is 11.1. The van der Waals surface area contributed by atoms with Gasteiger partial charge in [0.1, 0.15) is 5.82 Å². The Hall–Kier alpha value is -2.49. The summed E-state index contributed by atoms with van der Waals surface area (Å²) in [4.78, 5) is 6.95. The molecular weight excluding hydrogens is 376 g/mol. The first kappa shape index (κ1) is 18.9. The van der Waals surface area contributed by atoms with E-state index in [4.69, 9.17) is 4.98 Å². The second kappa shape index (κ2) is 7.50. The monoisotopic (exact) mass is 400 g/mol. The molecule has 0 radical (unpaired) electrons. The van der Waals surface area contributed by atoms with Crippen LogP contribution < -0.4 is 4.72 Å². The fraction of sp³-hybridized carbons (Fsp3) is 0.368. The second-order valence-electron chi connectivity index (χ2n) is 7.29. The highest BCUT2D eigenvalue weighted by Crippen LogP contribution is 2.32. The van der Waals surface area contributed by atoms with E-state index in [-0.39, 0.29) is 12.1 Å². The normalized spacial score (nSPS) is 20.6. The Morgan fingerprint density at radius 3 is 2.68 bits per heavy atom. The van der Waals surface area contributed by atoms with Crippen LogP contribution in [0, 0.1) is 0 Å². The van der Waals surface area contributed by atoms with Gasteiger partial charge >= 0.3 is 0 Å². The van der Waals surface area contributed by atoms with Crippen molar-refractivity contribution in [3.63, 3.8) is 0 Å². The molecule has 9 heteroatoms. The van der Waals surface area contributed by atoms with Gasteiger partial charge in [-0.05, 0) is 18.6 Å². The average molecular weight is 401 g/mol. The number of nitrogens with one attached hydrogen (secondary N) is 2. The number of rotatable bonds is 6. The number of aryl methyl sites for hydroxylation is 1. The Balaban J connectivity index is 1.60. The van der Waals surface area contributed by atoms with Gasteiger partial charge in [0, 0.05) is 43.6 Å². The number of aromatic amines is 1. The molecule has 3 aromatic rings. The maximum atomic E-state index is 11.7. The summed E-state index contributed by atoms with van der Waals surface area (Å²) in [6, 6.07) is 13.7. The van der Waals surface area contributed by atoms with Gasteiger partial charge < -0.3 is 4.57 Å². The fourth-order valence-electron chi connectivity index (χ4n) is 3.76. The van der Waals surface area contributed by atoms with Crippen molar-refractivity contribution in [3.05, 3.63) is 60.2 Å². The van der Waals surface area contributed by atoms with Gasteiger partial charge in [-0.25, -0.2) is 18.1 Å². The van der Waals surface area contributed by atoms with E-state index in [1.54, 1.807) is 0 Å². The van der Waals surface area contributed by atoms with Gasteiger partial charge in [-0.2, -0.15) is 5.10 Å². The third-order valence-electron chi connectivity index (χ3n) is 5.05. The number of aromatic nitrogens is 4. The zero-order valence-corrected chi connectivity index (χ0v) is 16.7. The lowest BCUT2D eigenvalue weighted by atomic mass is 10.1. The van der Waals surface area contributed by atoms with Gasteiger partial charge in [-0.3, -0.25) is 10.00 Å². The number of sulfonamides is 1. The summed E-state index contributed by atoms with van der Waals surface area (Å²) >= 11 is 0. The molecule has 0 amide bonds. The molecule has 0 saturated carbocycles. The molecule has 3 heterocycles. The third-order valence-corrected chi connectivity index (χ3v) is 5.81. The van der Waals surface area contributed by atoms with Crippen LogP contribution >= 0.6 is 0 Å². The largest absolute Gasteiger partial charge is 0.353 e. The maximum absolute atomic E-state index is 11.7. The van der Waals surface area contributed by atoms with E-state index in [1.807, 2.05) is 49.6 Å². The summed E-state index contributed by atoms with van der Waals surface area (Å²) in [5.74, 6) is 1.40. The molecule has 2 aromatic heterocycles. The lowest BCUT2D eigenvalue weighted by Gasteiger charge is -2.22. The summed E-state index contributed by atoms with van der Waals surface area (Å²) in [7, 11) is -1.26. The molecule has 1 aromatic carbocycles. The van der Waals surface area contributed by atoms with Gasteiger partial charge in [-0.1, -0.05) is 30.3 Å². The van der Waals surface area contributed by atoms with Crippen molar-refractivity contribution in [1.29, 1.82) is 0 Å². The molecule has 1 aliphatic rings. The lowest BCUT2D eigenvalue weighted by molar-refractivity contribution is 0.234. The smallest absolute Gasteiger partial charge is 0.208 e. The highest BCUT2D eigenvalue weighted by Gasteiger charge is 2.36. The van der Waals surface area contributed by atoms with E-state index in [1.165, 1.54) is 6.26 Å². The van der Waals surface area contributed by atoms with Crippen molar-refractivity contribution in [2.45, 2.75) is 25.0 Å². The van der Waals surface area contributed by atoms with Crippen molar-refractivity contribution in [2.24, 2.45) is 7.05 Å². The lowest BCUT2D eigenvalue weighted by Crippen LogP contribution is -2.36. The molecule has 0 aliphatic carbocycles. The highest BCUT2D eigenvalue weighted by molar-refractivity contribution is 7.88. The van der Waals surface area contributed by atoms with Crippen LogP contribution in [0.15, 0.2) is 48.7 Å². The van der Waals surface area contributed by atoms with Crippen molar-refractivity contribution in [2.75, 3.05) is 12.8 Å². The molecule has 8 nitrogen and oxygen atoms in total.